The number of hydrogen-bond donors (Lipinski definition) is 0. The van der Waals surface area contributed by atoms with E-state index >= 15 is 0 Å². The molecule has 1 aromatic carbocycles. The zero-order valence-electron chi connectivity index (χ0n) is 24.3. The SMILES string of the molecule is CCOC(=O)c1cnn(C2CCCN(C3=C(c4ccccc4)C=CC(Cl)(N4CCN(CCC(F)F)CC4)C3)C2)c1C(F)F. The molecule has 3 aliphatic rings. The van der Waals surface area contributed by atoms with Crippen molar-refractivity contribution in [1.29, 1.82) is 0 Å². The summed E-state index contributed by atoms with van der Waals surface area (Å²) in [6.07, 6.45) is 1.78. The minimum absolute atomic E-state index is 0.0821. The number of piperidine rings is 1. The van der Waals surface area contributed by atoms with Crippen molar-refractivity contribution in [2.24, 2.45) is 0 Å². The van der Waals surface area contributed by atoms with Gasteiger partial charge < -0.3 is 14.5 Å². The normalized spacial score (nSPS) is 23.9. The van der Waals surface area contributed by atoms with Gasteiger partial charge in [-0.25, -0.2) is 22.4 Å². The van der Waals surface area contributed by atoms with Crippen molar-refractivity contribution in [1.82, 2.24) is 24.5 Å². The van der Waals surface area contributed by atoms with Crippen LogP contribution in [-0.2, 0) is 4.74 Å². The van der Waals surface area contributed by atoms with Crippen LogP contribution in [0.1, 0.15) is 66.7 Å². The minimum Gasteiger partial charge on any atom is -0.462 e. The first-order chi connectivity index (χ1) is 20.7. The maximum Gasteiger partial charge on any atom is 0.341 e. The Labute approximate surface area is 254 Å². The molecule has 2 atom stereocenters. The van der Waals surface area contributed by atoms with Gasteiger partial charge in [0.1, 0.15) is 16.3 Å². The summed E-state index contributed by atoms with van der Waals surface area (Å²) in [5, 5.41) is 4.25. The third-order valence-corrected chi connectivity index (χ3v) is 9.04. The zero-order valence-corrected chi connectivity index (χ0v) is 25.0. The van der Waals surface area contributed by atoms with Crippen LogP contribution >= 0.6 is 11.6 Å². The van der Waals surface area contributed by atoms with E-state index in [1.54, 1.807) is 6.92 Å². The molecule has 5 rings (SSSR count). The van der Waals surface area contributed by atoms with Crippen molar-refractivity contribution in [2.75, 3.05) is 52.4 Å². The molecule has 2 saturated heterocycles. The van der Waals surface area contributed by atoms with Crippen molar-refractivity contribution < 1.29 is 27.1 Å². The number of benzene rings is 1. The van der Waals surface area contributed by atoms with Crippen LogP contribution in [0.25, 0.3) is 5.57 Å². The van der Waals surface area contributed by atoms with E-state index in [1.165, 1.54) is 10.9 Å². The number of alkyl halides is 5. The Kier molecular flexibility index (Phi) is 10.1. The molecule has 12 heteroatoms. The van der Waals surface area contributed by atoms with Gasteiger partial charge in [-0.15, -0.1) is 0 Å². The first-order valence-corrected chi connectivity index (χ1v) is 15.3. The molecule has 2 fully saturated rings. The Morgan fingerprint density at radius 2 is 1.86 bits per heavy atom. The molecule has 3 heterocycles. The number of rotatable bonds is 10. The second-order valence-electron chi connectivity index (χ2n) is 11.2. The van der Waals surface area contributed by atoms with Crippen molar-refractivity contribution in [3.63, 3.8) is 0 Å². The lowest BCUT2D eigenvalue weighted by atomic mass is 9.90. The molecule has 43 heavy (non-hydrogen) atoms. The number of halogens is 5. The Hall–Kier alpha value is -2.89. The van der Waals surface area contributed by atoms with E-state index in [9.17, 15) is 22.4 Å². The predicted octanol–water partition coefficient (Wildman–Crippen LogP) is 6.21. The lowest BCUT2D eigenvalue weighted by Crippen LogP contribution is -2.55. The third kappa shape index (κ3) is 7.10. The summed E-state index contributed by atoms with van der Waals surface area (Å²) < 4.78 is 60.3. The lowest BCUT2D eigenvalue weighted by molar-refractivity contribution is 0.0511. The first-order valence-electron chi connectivity index (χ1n) is 14.9. The molecular weight excluding hydrogens is 586 g/mol. The molecule has 0 saturated carbocycles. The van der Waals surface area contributed by atoms with Gasteiger partial charge in [-0.1, -0.05) is 48.0 Å². The second-order valence-corrected chi connectivity index (χ2v) is 11.9. The lowest BCUT2D eigenvalue weighted by Gasteiger charge is -2.47. The zero-order chi connectivity index (χ0) is 30.6. The topological polar surface area (TPSA) is 53.8 Å². The summed E-state index contributed by atoms with van der Waals surface area (Å²) in [6, 6.07) is 9.61. The number of aromatic nitrogens is 2. The molecule has 0 radical (unpaired) electrons. The Morgan fingerprint density at radius 3 is 2.53 bits per heavy atom. The molecule has 0 bridgehead atoms. The number of carbonyl (C=O) groups is 1. The summed E-state index contributed by atoms with van der Waals surface area (Å²) in [6.45, 7) is 5.83. The Balaban J connectivity index is 1.40. The number of ether oxygens (including phenoxy) is 1. The largest absolute Gasteiger partial charge is 0.462 e. The highest BCUT2D eigenvalue weighted by atomic mass is 35.5. The van der Waals surface area contributed by atoms with Crippen molar-refractivity contribution in [3.8, 4) is 0 Å². The van der Waals surface area contributed by atoms with Gasteiger partial charge in [-0.2, -0.15) is 5.10 Å². The van der Waals surface area contributed by atoms with Crippen LogP contribution in [0.3, 0.4) is 0 Å². The van der Waals surface area contributed by atoms with E-state index < -0.39 is 29.5 Å². The molecule has 2 aromatic rings. The van der Waals surface area contributed by atoms with Gasteiger partial charge in [0.25, 0.3) is 6.43 Å². The van der Waals surface area contributed by atoms with Crippen LogP contribution < -0.4 is 0 Å². The standard InChI is InChI=1S/C31H38ClF4N5O2/c1-2-43-30(42)25-20-37-41(28(25)29(35)36)23-9-6-13-39(21-23)26-19-31(32,12-10-24(26)22-7-4-3-5-8-22)40-17-15-38(16-18-40)14-11-27(33)34/h3-5,7-8,10,12,20,23,27,29H,2,6,9,11,13-19,21H2,1H3. The Bertz CT molecular complexity index is 1310. The minimum atomic E-state index is -2.89. The predicted molar refractivity (Wildman–Crippen MR) is 157 cm³/mol. The van der Waals surface area contributed by atoms with E-state index in [2.05, 4.69) is 14.9 Å². The fourth-order valence-electron chi connectivity index (χ4n) is 6.35. The smallest absolute Gasteiger partial charge is 0.341 e. The summed E-state index contributed by atoms with van der Waals surface area (Å²) in [7, 11) is 0. The molecule has 1 aliphatic carbocycles. The maximum atomic E-state index is 14.3. The van der Waals surface area contributed by atoms with Gasteiger partial charge in [-0.3, -0.25) is 9.58 Å². The van der Waals surface area contributed by atoms with Crippen LogP contribution in [0.4, 0.5) is 17.6 Å². The third-order valence-electron chi connectivity index (χ3n) is 8.54. The van der Waals surface area contributed by atoms with Gasteiger partial charge in [-0.05, 0) is 31.4 Å². The highest BCUT2D eigenvalue weighted by molar-refractivity contribution is 6.25. The van der Waals surface area contributed by atoms with Gasteiger partial charge in [0.2, 0.25) is 6.43 Å². The van der Waals surface area contributed by atoms with Crippen LogP contribution in [0.15, 0.2) is 54.4 Å². The van der Waals surface area contributed by atoms with Crippen molar-refractivity contribution in [3.05, 3.63) is 71.2 Å². The van der Waals surface area contributed by atoms with E-state index in [1.807, 2.05) is 47.4 Å². The maximum absolute atomic E-state index is 14.3. The summed E-state index contributed by atoms with van der Waals surface area (Å²) in [5.74, 6) is -0.801. The number of esters is 1. The fourth-order valence-corrected chi connectivity index (χ4v) is 6.70. The number of allylic oxidation sites excluding steroid dienone is 2. The van der Waals surface area contributed by atoms with E-state index in [-0.39, 0.29) is 24.6 Å². The Morgan fingerprint density at radius 1 is 1.12 bits per heavy atom. The van der Waals surface area contributed by atoms with E-state index in [0.29, 0.717) is 52.1 Å². The van der Waals surface area contributed by atoms with Crippen LogP contribution in [0, 0.1) is 0 Å². The van der Waals surface area contributed by atoms with Gasteiger partial charge in [0.05, 0.1) is 18.8 Å². The number of hydrogen-bond acceptors (Lipinski definition) is 6. The molecule has 234 valence electrons. The second kappa shape index (κ2) is 13.8. The average molecular weight is 624 g/mol. The molecule has 2 aliphatic heterocycles. The quantitative estimate of drug-likeness (QED) is 0.136. The van der Waals surface area contributed by atoms with Crippen LogP contribution in [0.5, 0.6) is 0 Å². The van der Waals surface area contributed by atoms with Crippen molar-refractivity contribution in [2.45, 2.75) is 56.5 Å². The number of piperazine rings is 1. The monoisotopic (exact) mass is 623 g/mol. The van der Waals surface area contributed by atoms with Crippen molar-refractivity contribution >= 4 is 23.1 Å². The molecule has 0 amide bonds. The van der Waals surface area contributed by atoms with E-state index in [4.69, 9.17) is 16.3 Å². The summed E-state index contributed by atoms with van der Waals surface area (Å²) in [5.41, 5.74) is 2.46. The molecule has 1 aromatic heterocycles. The van der Waals surface area contributed by atoms with Gasteiger partial charge in [0, 0.05) is 69.9 Å². The molecule has 0 spiro atoms. The number of carbonyl (C=O) groups excluding carboxylic acids is 1. The molecule has 7 nitrogen and oxygen atoms in total. The number of nitrogens with zero attached hydrogens (tertiary/aromatic N) is 5. The summed E-state index contributed by atoms with van der Waals surface area (Å²) >= 11 is 7.36. The molecular formula is C31H38ClF4N5O2. The highest BCUT2D eigenvalue weighted by Gasteiger charge is 2.40. The van der Waals surface area contributed by atoms with Gasteiger partial charge >= 0.3 is 5.97 Å². The van der Waals surface area contributed by atoms with E-state index in [0.717, 1.165) is 29.8 Å². The fraction of sp³-hybridized carbons (Fsp3) is 0.548. The first kappa shape index (κ1) is 31.5. The molecule has 2 unspecified atom stereocenters. The van der Waals surface area contributed by atoms with Crippen LogP contribution in [-0.4, -0.2) is 94.3 Å². The highest BCUT2D eigenvalue weighted by Crippen LogP contribution is 2.42. The van der Waals surface area contributed by atoms with Gasteiger partial charge in [0.15, 0.2) is 0 Å². The average Bonchev–Trinajstić information content (AvgIpc) is 3.47. The summed E-state index contributed by atoms with van der Waals surface area (Å²) in [4.78, 5) is 18.0. The van der Waals surface area contributed by atoms with Crippen LogP contribution in [0.2, 0.25) is 0 Å². The number of likely N-dealkylation sites (tertiary alicyclic amines) is 1. The molecule has 0 N–H and O–H groups in total.